The summed E-state index contributed by atoms with van der Waals surface area (Å²) in [7, 11) is 1.68. The topological polar surface area (TPSA) is 71.4 Å². The minimum absolute atomic E-state index is 0.00201. The number of likely N-dealkylation sites (tertiary alicyclic amines) is 1. The van der Waals surface area contributed by atoms with Crippen LogP contribution in [0.5, 0.6) is 0 Å². The highest BCUT2D eigenvalue weighted by atomic mass is 16.5. The molecule has 1 aliphatic heterocycles. The van der Waals surface area contributed by atoms with E-state index in [2.05, 4.69) is 9.97 Å². The van der Waals surface area contributed by atoms with Gasteiger partial charge in [-0.2, -0.15) is 0 Å². The van der Waals surface area contributed by atoms with Gasteiger partial charge in [-0.15, -0.1) is 0 Å². The van der Waals surface area contributed by atoms with Crippen molar-refractivity contribution in [1.29, 1.82) is 0 Å². The Morgan fingerprint density at radius 3 is 2.88 bits per heavy atom. The second-order valence-corrected chi connectivity index (χ2v) is 6.54. The van der Waals surface area contributed by atoms with Crippen LogP contribution in [0, 0.1) is 13.8 Å². The Kier molecular flexibility index (Phi) is 3.84. The molecule has 6 nitrogen and oxygen atoms in total. The van der Waals surface area contributed by atoms with E-state index in [0.29, 0.717) is 12.1 Å². The summed E-state index contributed by atoms with van der Waals surface area (Å²) in [5.74, 6) is 0.761. The van der Waals surface area contributed by atoms with Crippen LogP contribution in [-0.2, 0) is 4.74 Å². The van der Waals surface area contributed by atoms with Crippen LogP contribution >= 0.6 is 0 Å². The van der Waals surface area contributed by atoms with Crippen LogP contribution in [0.2, 0.25) is 0 Å². The molecular formula is C19H21N3O3. The quantitative estimate of drug-likeness (QED) is 0.794. The van der Waals surface area contributed by atoms with Gasteiger partial charge in [-0.25, -0.2) is 4.98 Å². The summed E-state index contributed by atoms with van der Waals surface area (Å²) in [4.78, 5) is 23.0. The van der Waals surface area contributed by atoms with Crippen molar-refractivity contribution in [3.05, 3.63) is 53.3 Å². The van der Waals surface area contributed by atoms with Gasteiger partial charge in [0.05, 0.1) is 23.4 Å². The normalized spacial score (nSPS) is 20.5. The van der Waals surface area contributed by atoms with Crippen molar-refractivity contribution in [3.8, 4) is 0 Å². The van der Waals surface area contributed by atoms with Gasteiger partial charge < -0.3 is 19.0 Å². The number of methoxy groups -OCH3 is 1. The standard InChI is InChI=1S/C19H21N3O3/c1-11-12(2)21-18(20-11)16-8-13(24-3)9-22(16)19(23)15-10-25-17-7-5-4-6-14(15)17/h4-7,10,13,16H,8-9H2,1-3H3,(H,20,21)/t13-,16+/m1/s1. The third-order valence-electron chi connectivity index (χ3n) is 5.03. The predicted octanol–water partition coefficient (Wildman–Crippen LogP) is 3.37. The molecule has 0 saturated carbocycles. The van der Waals surface area contributed by atoms with Crippen LogP contribution in [0.25, 0.3) is 11.0 Å². The summed E-state index contributed by atoms with van der Waals surface area (Å²) >= 11 is 0. The molecule has 0 spiro atoms. The number of carbonyl (C=O) groups excluding carboxylic acids is 1. The van der Waals surface area contributed by atoms with Crippen molar-refractivity contribution in [2.45, 2.75) is 32.4 Å². The number of nitrogens with one attached hydrogen (secondary N) is 1. The lowest BCUT2D eigenvalue weighted by Gasteiger charge is -2.22. The van der Waals surface area contributed by atoms with E-state index >= 15 is 0 Å². The molecule has 25 heavy (non-hydrogen) atoms. The first-order valence-corrected chi connectivity index (χ1v) is 8.41. The lowest BCUT2D eigenvalue weighted by Crippen LogP contribution is -2.32. The van der Waals surface area contributed by atoms with Gasteiger partial charge >= 0.3 is 0 Å². The number of imidazole rings is 1. The number of rotatable bonds is 3. The number of benzene rings is 1. The number of carbonyl (C=O) groups is 1. The van der Waals surface area contributed by atoms with Crippen molar-refractivity contribution in [3.63, 3.8) is 0 Å². The number of aromatic amines is 1. The predicted molar refractivity (Wildman–Crippen MR) is 93.5 cm³/mol. The number of aromatic nitrogens is 2. The van der Waals surface area contributed by atoms with Crippen molar-refractivity contribution in [1.82, 2.24) is 14.9 Å². The molecule has 4 rings (SSSR count). The van der Waals surface area contributed by atoms with Gasteiger partial charge in [0, 0.05) is 31.2 Å². The Bertz CT molecular complexity index is 908. The Morgan fingerprint density at radius 1 is 1.36 bits per heavy atom. The number of nitrogens with zero attached hydrogens (tertiary/aromatic N) is 2. The third kappa shape index (κ3) is 2.62. The minimum atomic E-state index is -0.126. The smallest absolute Gasteiger partial charge is 0.258 e. The second kappa shape index (κ2) is 6.04. The SMILES string of the molecule is CO[C@@H]1C[C@@H](c2nc(C)c(C)[nH]2)N(C(=O)c2coc3ccccc23)C1. The average Bonchev–Trinajstić information content (AvgIpc) is 3.31. The summed E-state index contributed by atoms with van der Waals surface area (Å²) in [6.45, 7) is 4.50. The molecule has 2 atom stereocenters. The van der Waals surface area contributed by atoms with Crippen LogP contribution in [0.15, 0.2) is 34.9 Å². The fraction of sp³-hybridized carbons (Fsp3) is 0.368. The van der Waals surface area contributed by atoms with Gasteiger partial charge in [-0.1, -0.05) is 18.2 Å². The number of amides is 1. The fourth-order valence-electron chi connectivity index (χ4n) is 3.48. The zero-order valence-corrected chi connectivity index (χ0v) is 14.6. The maximum Gasteiger partial charge on any atom is 0.258 e. The molecule has 0 unspecified atom stereocenters. The van der Waals surface area contributed by atoms with Gasteiger partial charge in [0.2, 0.25) is 0 Å². The monoisotopic (exact) mass is 339 g/mol. The van der Waals surface area contributed by atoms with E-state index in [4.69, 9.17) is 9.15 Å². The largest absolute Gasteiger partial charge is 0.463 e. The first-order chi connectivity index (χ1) is 12.1. The number of furan rings is 1. The fourth-order valence-corrected chi connectivity index (χ4v) is 3.48. The molecule has 1 aliphatic rings. The highest BCUT2D eigenvalue weighted by Gasteiger charge is 2.39. The zero-order chi connectivity index (χ0) is 17.6. The van der Waals surface area contributed by atoms with E-state index in [-0.39, 0.29) is 18.1 Å². The molecule has 3 heterocycles. The van der Waals surface area contributed by atoms with Crippen molar-refractivity contribution in [2.24, 2.45) is 0 Å². The molecule has 0 aliphatic carbocycles. The van der Waals surface area contributed by atoms with E-state index in [1.165, 1.54) is 0 Å². The van der Waals surface area contributed by atoms with Crippen LogP contribution in [0.1, 0.15) is 40.0 Å². The molecule has 0 bridgehead atoms. The Morgan fingerprint density at radius 2 is 2.16 bits per heavy atom. The number of hydrogen-bond donors (Lipinski definition) is 1. The van der Waals surface area contributed by atoms with Crippen LogP contribution in [-0.4, -0.2) is 40.5 Å². The third-order valence-corrected chi connectivity index (χ3v) is 5.03. The summed E-state index contributed by atoms with van der Waals surface area (Å²) in [5.41, 5.74) is 3.28. The molecule has 2 aromatic heterocycles. The number of aryl methyl sites for hydroxylation is 2. The van der Waals surface area contributed by atoms with Crippen molar-refractivity contribution >= 4 is 16.9 Å². The van der Waals surface area contributed by atoms with Crippen LogP contribution < -0.4 is 0 Å². The van der Waals surface area contributed by atoms with E-state index in [0.717, 1.165) is 34.6 Å². The molecule has 130 valence electrons. The van der Waals surface area contributed by atoms with Crippen molar-refractivity contribution in [2.75, 3.05) is 13.7 Å². The highest BCUT2D eigenvalue weighted by Crippen LogP contribution is 2.35. The average molecular weight is 339 g/mol. The molecule has 0 radical (unpaired) electrons. The van der Waals surface area contributed by atoms with E-state index in [1.54, 1.807) is 13.4 Å². The lowest BCUT2D eigenvalue weighted by atomic mass is 10.1. The summed E-state index contributed by atoms with van der Waals surface area (Å²) in [6, 6.07) is 7.46. The van der Waals surface area contributed by atoms with E-state index < -0.39 is 0 Å². The summed E-state index contributed by atoms with van der Waals surface area (Å²) in [6.07, 6.45) is 2.27. The number of fused-ring (bicyclic) bond motifs is 1. The molecule has 1 aromatic carbocycles. The molecule has 1 amide bonds. The Balaban J connectivity index is 1.71. The second-order valence-electron chi connectivity index (χ2n) is 6.54. The summed E-state index contributed by atoms with van der Waals surface area (Å²) in [5, 5.41) is 0.832. The van der Waals surface area contributed by atoms with Gasteiger partial charge in [0.25, 0.3) is 5.91 Å². The number of para-hydroxylation sites is 1. The molecular weight excluding hydrogens is 318 g/mol. The first kappa shape index (κ1) is 15.9. The van der Waals surface area contributed by atoms with Crippen LogP contribution in [0.3, 0.4) is 0 Å². The molecule has 1 fully saturated rings. The van der Waals surface area contributed by atoms with E-state index in [1.807, 2.05) is 43.0 Å². The molecule has 3 aromatic rings. The number of ether oxygens (including phenoxy) is 1. The minimum Gasteiger partial charge on any atom is -0.463 e. The number of hydrogen-bond acceptors (Lipinski definition) is 4. The van der Waals surface area contributed by atoms with Gasteiger partial charge in [0.1, 0.15) is 17.7 Å². The van der Waals surface area contributed by atoms with Gasteiger partial charge in [-0.3, -0.25) is 4.79 Å². The van der Waals surface area contributed by atoms with Crippen molar-refractivity contribution < 1.29 is 13.9 Å². The maximum atomic E-state index is 13.2. The van der Waals surface area contributed by atoms with Gasteiger partial charge in [-0.05, 0) is 19.9 Å². The zero-order valence-electron chi connectivity index (χ0n) is 14.6. The Hall–Kier alpha value is -2.60. The van der Waals surface area contributed by atoms with Crippen LogP contribution in [0.4, 0.5) is 0 Å². The summed E-state index contributed by atoms with van der Waals surface area (Å²) < 4.78 is 11.1. The van der Waals surface area contributed by atoms with E-state index in [9.17, 15) is 4.79 Å². The number of H-pyrrole nitrogens is 1. The molecule has 1 N–H and O–H groups in total. The molecule has 6 heteroatoms. The first-order valence-electron chi connectivity index (χ1n) is 8.41. The Labute approximate surface area is 145 Å². The maximum absolute atomic E-state index is 13.2. The van der Waals surface area contributed by atoms with Gasteiger partial charge in [0.15, 0.2) is 0 Å². The lowest BCUT2D eigenvalue weighted by molar-refractivity contribution is 0.0685. The molecule has 1 saturated heterocycles. The highest BCUT2D eigenvalue weighted by molar-refractivity contribution is 6.06.